The fourth-order valence-electron chi connectivity index (χ4n) is 2.86. The van der Waals surface area contributed by atoms with E-state index in [0.29, 0.717) is 16.4 Å². The molecule has 0 spiro atoms. The number of halogens is 1. The summed E-state index contributed by atoms with van der Waals surface area (Å²) >= 11 is 6.10. The fraction of sp³-hybridized carbons (Fsp3) is 0.136. The Labute approximate surface area is 176 Å². The van der Waals surface area contributed by atoms with E-state index in [0.717, 1.165) is 15.4 Å². The van der Waals surface area contributed by atoms with Crippen molar-refractivity contribution in [3.05, 3.63) is 88.9 Å². The summed E-state index contributed by atoms with van der Waals surface area (Å²) in [6.07, 6.45) is 0. The van der Waals surface area contributed by atoms with Crippen molar-refractivity contribution in [3.8, 4) is 0 Å². The Morgan fingerprint density at radius 1 is 0.931 bits per heavy atom. The number of para-hydroxylation sites is 2. The topological polar surface area (TPSA) is 66.5 Å². The molecule has 0 saturated heterocycles. The normalized spacial score (nSPS) is 11.1. The number of rotatable bonds is 6. The molecule has 0 aromatic heterocycles. The molecule has 0 aliphatic carbocycles. The number of carbonyl (C=O) groups excluding carboxylic acids is 1. The highest BCUT2D eigenvalue weighted by molar-refractivity contribution is 7.92. The van der Waals surface area contributed by atoms with Crippen molar-refractivity contribution < 1.29 is 13.2 Å². The Kier molecular flexibility index (Phi) is 6.25. The molecule has 0 aliphatic rings. The van der Waals surface area contributed by atoms with Crippen LogP contribution in [0.5, 0.6) is 0 Å². The number of sulfonamides is 1. The summed E-state index contributed by atoms with van der Waals surface area (Å²) in [6, 6.07) is 20.4. The minimum absolute atomic E-state index is 0.122. The van der Waals surface area contributed by atoms with Crippen LogP contribution in [0.4, 0.5) is 11.4 Å². The lowest BCUT2D eigenvalue weighted by Crippen LogP contribution is -2.38. The maximum atomic E-state index is 13.4. The summed E-state index contributed by atoms with van der Waals surface area (Å²) in [6.45, 7) is 3.30. The molecule has 0 saturated carbocycles. The van der Waals surface area contributed by atoms with E-state index in [1.807, 2.05) is 13.0 Å². The minimum Gasteiger partial charge on any atom is -0.323 e. The van der Waals surface area contributed by atoms with Crippen LogP contribution in [0.15, 0.2) is 77.7 Å². The SMILES string of the molecule is Cc1ccc(S(=O)(=O)N(CC(=O)Nc2ccccc2Cl)c2ccccc2C)cc1. The quantitative estimate of drug-likeness (QED) is 0.613. The summed E-state index contributed by atoms with van der Waals surface area (Å²) in [5.74, 6) is -0.489. The Hall–Kier alpha value is -2.83. The maximum absolute atomic E-state index is 13.4. The molecule has 0 unspecified atom stereocenters. The zero-order chi connectivity index (χ0) is 21.0. The highest BCUT2D eigenvalue weighted by atomic mass is 35.5. The largest absolute Gasteiger partial charge is 0.323 e. The number of hydrogen-bond donors (Lipinski definition) is 1. The number of hydrogen-bond acceptors (Lipinski definition) is 3. The van der Waals surface area contributed by atoms with E-state index in [1.54, 1.807) is 73.7 Å². The first kappa shape index (κ1) is 20.9. The number of aryl methyl sites for hydroxylation is 2. The van der Waals surface area contributed by atoms with Gasteiger partial charge >= 0.3 is 0 Å². The van der Waals surface area contributed by atoms with E-state index in [2.05, 4.69) is 5.32 Å². The van der Waals surface area contributed by atoms with Crippen LogP contribution in [-0.4, -0.2) is 20.9 Å². The lowest BCUT2D eigenvalue weighted by molar-refractivity contribution is -0.114. The summed E-state index contributed by atoms with van der Waals surface area (Å²) in [5, 5.41) is 3.06. The highest BCUT2D eigenvalue weighted by Crippen LogP contribution is 2.27. The molecular formula is C22H21ClN2O3S. The number of carbonyl (C=O) groups is 1. The molecule has 0 atom stereocenters. The third kappa shape index (κ3) is 4.78. The second-order valence-electron chi connectivity index (χ2n) is 6.64. The van der Waals surface area contributed by atoms with Crippen molar-refractivity contribution in [1.29, 1.82) is 0 Å². The van der Waals surface area contributed by atoms with Gasteiger partial charge in [-0.25, -0.2) is 8.42 Å². The fourth-order valence-corrected chi connectivity index (χ4v) is 4.53. The zero-order valence-corrected chi connectivity index (χ0v) is 17.7. The molecule has 150 valence electrons. The molecular weight excluding hydrogens is 408 g/mol. The lowest BCUT2D eigenvalue weighted by Gasteiger charge is -2.25. The van der Waals surface area contributed by atoms with Crippen LogP contribution in [-0.2, 0) is 14.8 Å². The van der Waals surface area contributed by atoms with Crippen LogP contribution in [0.2, 0.25) is 5.02 Å². The number of anilines is 2. The predicted molar refractivity (Wildman–Crippen MR) is 117 cm³/mol. The molecule has 3 rings (SSSR count). The molecule has 0 bridgehead atoms. The second-order valence-corrected chi connectivity index (χ2v) is 8.91. The Bertz CT molecular complexity index is 1130. The van der Waals surface area contributed by atoms with Gasteiger partial charge in [0.2, 0.25) is 5.91 Å². The first-order valence-corrected chi connectivity index (χ1v) is 10.8. The molecule has 3 aromatic rings. The molecule has 0 heterocycles. The Morgan fingerprint density at radius 3 is 2.21 bits per heavy atom. The number of nitrogens with one attached hydrogen (secondary N) is 1. The van der Waals surface area contributed by atoms with Crippen LogP contribution in [0.3, 0.4) is 0 Å². The highest BCUT2D eigenvalue weighted by Gasteiger charge is 2.28. The van der Waals surface area contributed by atoms with E-state index in [4.69, 9.17) is 11.6 Å². The third-order valence-electron chi connectivity index (χ3n) is 4.43. The number of nitrogens with zero attached hydrogens (tertiary/aromatic N) is 1. The molecule has 3 aromatic carbocycles. The first-order valence-electron chi connectivity index (χ1n) is 8.98. The van der Waals surface area contributed by atoms with Gasteiger partial charge < -0.3 is 5.32 Å². The molecule has 0 fully saturated rings. The van der Waals surface area contributed by atoms with Gasteiger partial charge in [-0.15, -0.1) is 0 Å². The van der Waals surface area contributed by atoms with Crippen molar-refractivity contribution in [2.75, 3.05) is 16.2 Å². The second kappa shape index (κ2) is 8.68. The van der Waals surface area contributed by atoms with E-state index < -0.39 is 15.9 Å². The van der Waals surface area contributed by atoms with Crippen LogP contribution < -0.4 is 9.62 Å². The smallest absolute Gasteiger partial charge is 0.264 e. The van der Waals surface area contributed by atoms with Gasteiger partial charge in [-0.1, -0.05) is 59.6 Å². The summed E-state index contributed by atoms with van der Waals surface area (Å²) in [5.41, 5.74) is 2.57. The van der Waals surface area contributed by atoms with Crippen LogP contribution in [0.1, 0.15) is 11.1 Å². The monoisotopic (exact) mass is 428 g/mol. The average molecular weight is 429 g/mol. The Morgan fingerprint density at radius 2 is 1.55 bits per heavy atom. The minimum atomic E-state index is -3.95. The van der Waals surface area contributed by atoms with Crippen molar-refractivity contribution in [2.24, 2.45) is 0 Å². The van der Waals surface area contributed by atoms with Crippen molar-refractivity contribution in [3.63, 3.8) is 0 Å². The first-order chi connectivity index (χ1) is 13.8. The van der Waals surface area contributed by atoms with Gasteiger partial charge in [0, 0.05) is 0 Å². The summed E-state index contributed by atoms with van der Waals surface area (Å²) < 4.78 is 27.9. The number of benzene rings is 3. The molecule has 1 amide bonds. The van der Waals surface area contributed by atoms with E-state index in [9.17, 15) is 13.2 Å². The van der Waals surface area contributed by atoms with Crippen LogP contribution >= 0.6 is 11.6 Å². The maximum Gasteiger partial charge on any atom is 0.264 e. The third-order valence-corrected chi connectivity index (χ3v) is 6.53. The van der Waals surface area contributed by atoms with E-state index >= 15 is 0 Å². The molecule has 29 heavy (non-hydrogen) atoms. The van der Waals surface area contributed by atoms with E-state index in [1.165, 1.54) is 0 Å². The van der Waals surface area contributed by atoms with Gasteiger partial charge in [-0.3, -0.25) is 9.10 Å². The van der Waals surface area contributed by atoms with Gasteiger partial charge in [0.05, 0.1) is 21.3 Å². The van der Waals surface area contributed by atoms with Crippen molar-refractivity contribution in [1.82, 2.24) is 0 Å². The summed E-state index contributed by atoms with van der Waals surface area (Å²) in [4.78, 5) is 12.8. The van der Waals surface area contributed by atoms with Crippen LogP contribution in [0.25, 0.3) is 0 Å². The zero-order valence-electron chi connectivity index (χ0n) is 16.1. The van der Waals surface area contributed by atoms with E-state index in [-0.39, 0.29) is 11.4 Å². The number of amides is 1. The molecule has 5 nitrogen and oxygen atoms in total. The van der Waals surface area contributed by atoms with Gasteiger partial charge in [0.25, 0.3) is 10.0 Å². The molecule has 7 heteroatoms. The standard InChI is InChI=1S/C22H21ClN2O3S/c1-16-11-13-18(14-12-16)29(27,28)25(21-10-6-3-7-17(21)2)15-22(26)24-20-9-5-4-8-19(20)23/h3-14H,15H2,1-2H3,(H,24,26). The van der Waals surface area contributed by atoms with Gasteiger partial charge in [-0.2, -0.15) is 0 Å². The van der Waals surface area contributed by atoms with Gasteiger partial charge in [0.15, 0.2) is 0 Å². The van der Waals surface area contributed by atoms with Crippen molar-refractivity contribution in [2.45, 2.75) is 18.7 Å². The summed E-state index contributed by atoms with van der Waals surface area (Å²) in [7, 11) is -3.95. The predicted octanol–water partition coefficient (Wildman–Crippen LogP) is 4.79. The molecule has 0 radical (unpaired) electrons. The van der Waals surface area contributed by atoms with Crippen LogP contribution in [0, 0.1) is 13.8 Å². The average Bonchev–Trinajstić information content (AvgIpc) is 2.69. The Balaban J connectivity index is 1.98. The molecule has 0 aliphatic heterocycles. The van der Waals surface area contributed by atoms with Crippen molar-refractivity contribution >= 4 is 38.9 Å². The lowest BCUT2D eigenvalue weighted by atomic mass is 10.2. The molecule has 1 N–H and O–H groups in total. The van der Waals surface area contributed by atoms with Gasteiger partial charge in [-0.05, 0) is 49.7 Å². The van der Waals surface area contributed by atoms with Gasteiger partial charge in [0.1, 0.15) is 6.54 Å².